The molecule has 1 aromatic carbocycles. The number of nitrogens with one attached hydrogen (secondary N) is 2. The van der Waals surface area contributed by atoms with E-state index in [1.807, 2.05) is 45.0 Å². The zero-order valence-electron chi connectivity index (χ0n) is 12.9. The number of halogens is 1. The van der Waals surface area contributed by atoms with Crippen molar-refractivity contribution < 1.29 is 9.59 Å². The monoisotopic (exact) mass is 403 g/mol. The van der Waals surface area contributed by atoms with Crippen LogP contribution in [0.15, 0.2) is 24.3 Å². The first kappa shape index (κ1) is 17.7. The molecule has 0 aliphatic rings. The van der Waals surface area contributed by atoms with E-state index in [0.29, 0.717) is 0 Å². The zero-order valence-corrected chi connectivity index (χ0v) is 15.0. The molecule has 1 rings (SSSR count). The van der Waals surface area contributed by atoms with Crippen molar-refractivity contribution in [2.45, 2.75) is 26.3 Å². The molecule has 0 aliphatic carbocycles. The Balaban J connectivity index is 2.40. The van der Waals surface area contributed by atoms with Crippen molar-refractivity contribution in [3.63, 3.8) is 0 Å². The second kappa shape index (κ2) is 7.63. The summed E-state index contributed by atoms with van der Waals surface area (Å²) in [5.74, 6) is -0.287. The predicted octanol–water partition coefficient (Wildman–Crippen LogP) is 2.08. The van der Waals surface area contributed by atoms with Crippen molar-refractivity contribution in [3.8, 4) is 0 Å². The van der Waals surface area contributed by atoms with Crippen LogP contribution < -0.4 is 10.6 Å². The van der Waals surface area contributed by atoms with Gasteiger partial charge in [0.1, 0.15) is 0 Å². The molecule has 21 heavy (non-hydrogen) atoms. The van der Waals surface area contributed by atoms with Gasteiger partial charge >= 0.3 is 0 Å². The molecule has 0 atom stereocenters. The van der Waals surface area contributed by atoms with Gasteiger partial charge in [0.2, 0.25) is 11.8 Å². The molecule has 0 bridgehead atoms. The standard InChI is InChI=1S/C15H22IN3O2/c1-15(2,3)18-13(20)10-19(4)14(21)9-17-12-7-5-11(16)6-8-12/h5-8,17H,9-10H2,1-4H3,(H,18,20). The van der Waals surface area contributed by atoms with Crippen molar-refractivity contribution in [1.82, 2.24) is 10.2 Å². The average Bonchev–Trinajstić information content (AvgIpc) is 2.35. The molecule has 0 unspecified atom stereocenters. The first-order chi connectivity index (χ1) is 9.67. The second-order valence-corrected chi connectivity index (χ2v) is 7.15. The minimum atomic E-state index is -0.291. The minimum absolute atomic E-state index is 0.0600. The van der Waals surface area contributed by atoms with Crippen LogP contribution in [0.2, 0.25) is 0 Å². The number of rotatable bonds is 5. The van der Waals surface area contributed by atoms with Crippen molar-refractivity contribution >= 4 is 40.1 Å². The number of carbonyl (C=O) groups is 2. The average molecular weight is 403 g/mol. The summed E-state index contributed by atoms with van der Waals surface area (Å²) in [6, 6.07) is 7.77. The molecule has 2 amide bonds. The van der Waals surface area contributed by atoms with Crippen LogP contribution in [0, 0.1) is 3.57 Å². The lowest BCUT2D eigenvalue weighted by Gasteiger charge is -2.23. The molecule has 5 nitrogen and oxygen atoms in total. The third-order valence-electron chi connectivity index (χ3n) is 2.61. The molecular formula is C15H22IN3O2. The lowest BCUT2D eigenvalue weighted by molar-refractivity contribution is -0.133. The number of hydrogen-bond acceptors (Lipinski definition) is 3. The van der Waals surface area contributed by atoms with Gasteiger partial charge < -0.3 is 15.5 Å². The van der Waals surface area contributed by atoms with E-state index in [1.54, 1.807) is 7.05 Å². The van der Waals surface area contributed by atoms with Crippen LogP contribution in [0.1, 0.15) is 20.8 Å². The van der Waals surface area contributed by atoms with E-state index >= 15 is 0 Å². The summed E-state index contributed by atoms with van der Waals surface area (Å²) in [7, 11) is 1.63. The quantitative estimate of drug-likeness (QED) is 0.741. The maximum atomic E-state index is 12.0. The van der Waals surface area contributed by atoms with Gasteiger partial charge in [0.15, 0.2) is 0 Å². The van der Waals surface area contributed by atoms with Gasteiger partial charge in [0.25, 0.3) is 0 Å². The number of hydrogen-bond donors (Lipinski definition) is 2. The number of likely N-dealkylation sites (N-methyl/N-ethyl adjacent to an activating group) is 1. The largest absolute Gasteiger partial charge is 0.376 e. The summed E-state index contributed by atoms with van der Waals surface area (Å²) in [6.45, 7) is 5.95. The highest BCUT2D eigenvalue weighted by Crippen LogP contribution is 2.10. The van der Waals surface area contributed by atoms with Crippen molar-refractivity contribution in [2.75, 3.05) is 25.5 Å². The van der Waals surface area contributed by atoms with Crippen LogP contribution in [0.3, 0.4) is 0 Å². The Hall–Kier alpha value is -1.31. The van der Waals surface area contributed by atoms with Crippen LogP contribution in [0.4, 0.5) is 5.69 Å². The lowest BCUT2D eigenvalue weighted by Crippen LogP contribution is -2.47. The second-order valence-electron chi connectivity index (χ2n) is 5.91. The number of anilines is 1. The molecule has 6 heteroatoms. The molecular weight excluding hydrogens is 381 g/mol. The molecule has 2 N–H and O–H groups in total. The summed E-state index contributed by atoms with van der Waals surface area (Å²) in [4.78, 5) is 25.1. The molecule has 0 saturated carbocycles. The maximum absolute atomic E-state index is 12.0. The van der Waals surface area contributed by atoms with E-state index in [2.05, 4.69) is 33.2 Å². The van der Waals surface area contributed by atoms with Crippen LogP contribution in [-0.2, 0) is 9.59 Å². The highest BCUT2D eigenvalue weighted by Gasteiger charge is 2.17. The fourth-order valence-electron chi connectivity index (χ4n) is 1.64. The fourth-order valence-corrected chi connectivity index (χ4v) is 2.00. The Morgan fingerprint density at radius 3 is 2.29 bits per heavy atom. The van der Waals surface area contributed by atoms with Crippen LogP contribution in [0.5, 0.6) is 0 Å². The van der Waals surface area contributed by atoms with Crippen molar-refractivity contribution in [1.29, 1.82) is 0 Å². The summed E-state index contributed by atoms with van der Waals surface area (Å²) in [5, 5.41) is 5.88. The minimum Gasteiger partial charge on any atom is -0.376 e. The number of nitrogens with zero attached hydrogens (tertiary/aromatic N) is 1. The van der Waals surface area contributed by atoms with Gasteiger partial charge in [0, 0.05) is 21.8 Å². The summed E-state index contributed by atoms with van der Waals surface area (Å²) >= 11 is 2.23. The first-order valence-electron chi connectivity index (χ1n) is 6.72. The molecule has 0 radical (unpaired) electrons. The van der Waals surface area contributed by atoms with Gasteiger partial charge in [0.05, 0.1) is 13.1 Å². The van der Waals surface area contributed by atoms with E-state index in [0.717, 1.165) is 9.26 Å². The topological polar surface area (TPSA) is 61.4 Å². The first-order valence-corrected chi connectivity index (χ1v) is 7.80. The Kier molecular flexibility index (Phi) is 6.44. The number of benzene rings is 1. The van der Waals surface area contributed by atoms with Gasteiger partial charge in [-0.25, -0.2) is 0 Å². The molecule has 1 aromatic rings. The summed E-state index contributed by atoms with van der Waals surface area (Å²) < 4.78 is 1.14. The normalized spacial score (nSPS) is 10.9. The van der Waals surface area contributed by atoms with Crippen LogP contribution >= 0.6 is 22.6 Å². The Morgan fingerprint density at radius 2 is 1.76 bits per heavy atom. The van der Waals surface area contributed by atoms with Gasteiger partial charge in [-0.05, 0) is 67.6 Å². The lowest BCUT2D eigenvalue weighted by atomic mass is 10.1. The third-order valence-corrected chi connectivity index (χ3v) is 3.33. The van der Waals surface area contributed by atoms with Gasteiger partial charge in [-0.2, -0.15) is 0 Å². The van der Waals surface area contributed by atoms with E-state index in [1.165, 1.54) is 4.90 Å². The van der Waals surface area contributed by atoms with E-state index in [9.17, 15) is 9.59 Å². The number of amides is 2. The number of carbonyl (C=O) groups excluding carboxylic acids is 2. The highest BCUT2D eigenvalue weighted by molar-refractivity contribution is 14.1. The molecule has 0 saturated heterocycles. The smallest absolute Gasteiger partial charge is 0.242 e. The van der Waals surface area contributed by atoms with Gasteiger partial charge in [-0.15, -0.1) is 0 Å². The van der Waals surface area contributed by atoms with Crippen LogP contribution in [-0.4, -0.2) is 42.4 Å². The van der Waals surface area contributed by atoms with E-state index in [-0.39, 0.29) is 30.4 Å². The molecule has 0 spiro atoms. The highest BCUT2D eigenvalue weighted by atomic mass is 127. The Bertz CT molecular complexity index is 495. The zero-order chi connectivity index (χ0) is 16.0. The van der Waals surface area contributed by atoms with Gasteiger partial charge in [-0.1, -0.05) is 0 Å². The molecule has 116 valence electrons. The maximum Gasteiger partial charge on any atom is 0.242 e. The van der Waals surface area contributed by atoms with Gasteiger partial charge in [-0.3, -0.25) is 9.59 Å². The van der Waals surface area contributed by atoms with E-state index in [4.69, 9.17) is 0 Å². The summed E-state index contributed by atoms with van der Waals surface area (Å²) in [6.07, 6.45) is 0. The Morgan fingerprint density at radius 1 is 1.19 bits per heavy atom. The predicted molar refractivity (Wildman–Crippen MR) is 93.2 cm³/mol. The molecule has 0 aromatic heterocycles. The summed E-state index contributed by atoms with van der Waals surface area (Å²) in [5.41, 5.74) is 0.594. The SMILES string of the molecule is CN(CC(=O)NC(C)(C)C)C(=O)CNc1ccc(I)cc1. The fraction of sp³-hybridized carbons (Fsp3) is 0.467. The molecule has 0 fully saturated rings. The Labute approximate surface area is 139 Å². The molecule has 0 aliphatic heterocycles. The van der Waals surface area contributed by atoms with Crippen molar-refractivity contribution in [2.24, 2.45) is 0 Å². The van der Waals surface area contributed by atoms with Crippen molar-refractivity contribution in [3.05, 3.63) is 27.8 Å². The van der Waals surface area contributed by atoms with E-state index < -0.39 is 0 Å². The third kappa shape index (κ3) is 7.31. The molecule has 0 heterocycles. The van der Waals surface area contributed by atoms with Crippen LogP contribution in [0.25, 0.3) is 0 Å².